The number of benzene rings is 2. The van der Waals surface area contributed by atoms with Crippen molar-refractivity contribution in [1.29, 1.82) is 0 Å². The molecular formula is C20H26N2O5S. The van der Waals surface area contributed by atoms with E-state index in [1.165, 1.54) is 0 Å². The van der Waals surface area contributed by atoms with Gasteiger partial charge in [0.05, 0.1) is 13.4 Å². The number of carbonyl (C=O) groups excluding carboxylic acids is 1. The molecule has 152 valence electrons. The summed E-state index contributed by atoms with van der Waals surface area (Å²) in [5, 5.41) is 2.90. The monoisotopic (exact) mass is 406 g/mol. The maximum Gasteiger partial charge on any atom is 0.322 e. The Morgan fingerprint density at radius 2 is 1.64 bits per heavy atom. The van der Waals surface area contributed by atoms with E-state index < -0.39 is 10.1 Å². The van der Waals surface area contributed by atoms with Crippen molar-refractivity contribution in [2.45, 2.75) is 32.9 Å². The fourth-order valence-electron chi connectivity index (χ4n) is 2.54. The van der Waals surface area contributed by atoms with Crippen molar-refractivity contribution in [3.05, 3.63) is 54.1 Å². The molecule has 0 radical (unpaired) electrons. The minimum absolute atomic E-state index is 0.0187. The highest BCUT2D eigenvalue weighted by Crippen LogP contribution is 2.19. The number of rotatable bonds is 8. The number of hydrogen-bond acceptors (Lipinski definition) is 5. The van der Waals surface area contributed by atoms with Crippen LogP contribution < -0.4 is 14.2 Å². The van der Waals surface area contributed by atoms with Gasteiger partial charge in [0.2, 0.25) is 0 Å². The van der Waals surface area contributed by atoms with Gasteiger partial charge >= 0.3 is 16.1 Å². The number of carbonyl (C=O) groups is 1. The molecule has 0 saturated carbocycles. The molecule has 1 N–H and O–H groups in total. The van der Waals surface area contributed by atoms with Crippen LogP contribution in [0.15, 0.2) is 48.5 Å². The van der Waals surface area contributed by atoms with Crippen LogP contribution in [-0.4, -0.2) is 38.8 Å². The van der Waals surface area contributed by atoms with Gasteiger partial charge in [-0.3, -0.25) is 0 Å². The number of methoxy groups -OCH3 is 1. The van der Waals surface area contributed by atoms with Crippen LogP contribution in [0, 0.1) is 0 Å². The second-order valence-electron chi connectivity index (χ2n) is 6.48. The Morgan fingerprint density at radius 3 is 2.14 bits per heavy atom. The molecule has 0 bridgehead atoms. The van der Waals surface area contributed by atoms with Crippen LogP contribution in [0.4, 0.5) is 10.5 Å². The van der Waals surface area contributed by atoms with Crippen molar-refractivity contribution < 1.29 is 22.1 Å². The van der Waals surface area contributed by atoms with E-state index in [2.05, 4.69) is 5.32 Å². The van der Waals surface area contributed by atoms with Crippen LogP contribution in [0.1, 0.15) is 25.8 Å². The zero-order chi connectivity index (χ0) is 20.7. The highest BCUT2D eigenvalue weighted by atomic mass is 32.2. The van der Waals surface area contributed by atoms with Crippen LogP contribution in [-0.2, 0) is 16.7 Å². The first-order valence-corrected chi connectivity index (χ1v) is 10.7. The highest BCUT2D eigenvalue weighted by molar-refractivity contribution is 7.86. The normalized spacial score (nSPS) is 12.1. The lowest BCUT2D eigenvalue weighted by molar-refractivity contribution is 0.187. The summed E-state index contributed by atoms with van der Waals surface area (Å²) < 4.78 is 32.4. The van der Waals surface area contributed by atoms with E-state index in [0.717, 1.165) is 18.2 Å². The standard InChI is InChI=1S/C20H26N2O5S/c1-5-15(2)22(20(23)21-17-8-12-18(26-3)13-9-17)14-16-6-10-19(11-7-16)27-28(4,24)25/h6-13,15H,5,14H2,1-4H3,(H,21,23)/t15-/m1/s1. The predicted molar refractivity (Wildman–Crippen MR) is 109 cm³/mol. The molecule has 0 heterocycles. The highest BCUT2D eigenvalue weighted by Gasteiger charge is 2.19. The molecule has 0 saturated heterocycles. The fraction of sp³-hybridized carbons (Fsp3) is 0.350. The van der Waals surface area contributed by atoms with Crippen molar-refractivity contribution in [3.8, 4) is 11.5 Å². The number of amides is 2. The molecule has 28 heavy (non-hydrogen) atoms. The Kier molecular flexibility index (Phi) is 7.28. The van der Waals surface area contributed by atoms with E-state index in [0.29, 0.717) is 18.0 Å². The molecule has 0 spiro atoms. The predicted octanol–water partition coefficient (Wildman–Crippen LogP) is 3.87. The van der Waals surface area contributed by atoms with Gasteiger partial charge in [-0.05, 0) is 55.3 Å². The van der Waals surface area contributed by atoms with Gasteiger partial charge in [-0.15, -0.1) is 0 Å². The van der Waals surface area contributed by atoms with Gasteiger partial charge in [0.15, 0.2) is 0 Å². The van der Waals surface area contributed by atoms with Gasteiger partial charge in [-0.2, -0.15) is 8.42 Å². The summed E-state index contributed by atoms with van der Waals surface area (Å²) >= 11 is 0. The lowest BCUT2D eigenvalue weighted by Gasteiger charge is -2.29. The summed E-state index contributed by atoms with van der Waals surface area (Å²) in [6.45, 7) is 4.38. The number of nitrogens with zero attached hydrogens (tertiary/aromatic N) is 1. The molecule has 0 aromatic heterocycles. The molecule has 7 nitrogen and oxygen atoms in total. The molecule has 2 rings (SSSR count). The first-order chi connectivity index (χ1) is 13.2. The lowest BCUT2D eigenvalue weighted by Crippen LogP contribution is -2.40. The van der Waals surface area contributed by atoms with E-state index in [1.54, 1.807) is 60.5 Å². The number of nitrogens with one attached hydrogen (secondary N) is 1. The zero-order valence-electron chi connectivity index (χ0n) is 16.5. The number of anilines is 1. The Bertz CT molecular complexity index is 880. The number of ether oxygens (including phenoxy) is 1. The van der Waals surface area contributed by atoms with E-state index >= 15 is 0 Å². The summed E-state index contributed by atoms with van der Waals surface area (Å²) in [7, 11) is -1.98. The van der Waals surface area contributed by atoms with Gasteiger partial charge in [-0.1, -0.05) is 19.1 Å². The SMILES string of the molecule is CC[C@@H](C)N(Cc1ccc(OS(C)(=O)=O)cc1)C(=O)Nc1ccc(OC)cc1. The molecule has 0 aliphatic carbocycles. The largest absolute Gasteiger partial charge is 0.497 e. The molecule has 0 aliphatic rings. The fourth-order valence-corrected chi connectivity index (χ4v) is 3.00. The van der Waals surface area contributed by atoms with Crippen molar-refractivity contribution in [3.63, 3.8) is 0 Å². The maximum absolute atomic E-state index is 12.8. The Labute approximate surface area is 166 Å². The summed E-state index contributed by atoms with van der Waals surface area (Å²) in [6, 6.07) is 13.6. The van der Waals surface area contributed by atoms with Crippen molar-refractivity contribution in [2.75, 3.05) is 18.7 Å². The van der Waals surface area contributed by atoms with Crippen molar-refractivity contribution in [2.24, 2.45) is 0 Å². The third kappa shape index (κ3) is 6.45. The average Bonchev–Trinajstić information content (AvgIpc) is 2.66. The Hall–Kier alpha value is -2.74. The van der Waals surface area contributed by atoms with Gasteiger partial charge in [0.25, 0.3) is 0 Å². The number of hydrogen-bond donors (Lipinski definition) is 1. The molecular weight excluding hydrogens is 380 g/mol. The van der Waals surface area contributed by atoms with E-state index in [4.69, 9.17) is 8.92 Å². The summed E-state index contributed by atoms with van der Waals surface area (Å²) in [5.74, 6) is 0.956. The zero-order valence-corrected chi connectivity index (χ0v) is 17.3. The van der Waals surface area contributed by atoms with Crippen LogP contribution in [0.5, 0.6) is 11.5 Å². The minimum Gasteiger partial charge on any atom is -0.497 e. The van der Waals surface area contributed by atoms with Crippen molar-refractivity contribution >= 4 is 21.8 Å². The average molecular weight is 407 g/mol. The third-order valence-electron chi connectivity index (χ3n) is 4.25. The smallest absolute Gasteiger partial charge is 0.322 e. The summed E-state index contributed by atoms with van der Waals surface area (Å²) in [6.07, 6.45) is 1.79. The molecule has 0 unspecified atom stereocenters. The first kappa shape index (κ1) is 21.6. The maximum atomic E-state index is 12.8. The Morgan fingerprint density at radius 1 is 1.07 bits per heavy atom. The van der Waals surface area contributed by atoms with E-state index in [-0.39, 0.29) is 17.8 Å². The van der Waals surface area contributed by atoms with Crippen LogP contribution in [0.25, 0.3) is 0 Å². The molecule has 8 heteroatoms. The molecule has 1 atom stereocenters. The number of urea groups is 1. The van der Waals surface area contributed by atoms with Crippen molar-refractivity contribution in [1.82, 2.24) is 4.90 Å². The third-order valence-corrected chi connectivity index (χ3v) is 4.74. The van der Waals surface area contributed by atoms with E-state index in [9.17, 15) is 13.2 Å². The van der Waals surface area contributed by atoms with Gasteiger partial charge in [0.1, 0.15) is 11.5 Å². The minimum atomic E-state index is -3.57. The van der Waals surface area contributed by atoms with Crippen LogP contribution >= 0.6 is 0 Å². The first-order valence-electron chi connectivity index (χ1n) is 8.92. The molecule has 2 aromatic rings. The summed E-state index contributed by atoms with van der Waals surface area (Å²) in [4.78, 5) is 14.5. The van der Waals surface area contributed by atoms with Gasteiger partial charge in [0, 0.05) is 18.3 Å². The molecule has 2 aromatic carbocycles. The lowest BCUT2D eigenvalue weighted by atomic mass is 10.1. The van der Waals surface area contributed by atoms with E-state index in [1.807, 2.05) is 13.8 Å². The molecule has 0 aliphatic heterocycles. The summed E-state index contributed by atoms with van der Waals surface area (Å²) in [5.41, 5.74) is 1.54. The second kappa shape index (κ2) is 9.45. The van der Waals surface area contributed by atoms with Crippen LogP contribution in [0.2, 0.25) is 0 Å². The van der Waals surface area contributed by atoms with Gasteiger partial charge < -0.3 is 19.1 Å². The Balaban J connectivity index is 2.10. The second-order valence-corrected chi connectivity index (χ2v) is 8.05. The molecule has 2 amide bonds. The molecule has 0 fully saturated rings. The quantitative estimate of drug-likeness (QED) is 0.673. The van der Waals surface area contributed by atoms with Crippen LogP contribution in [0.3, 0.4) is 0 Å². The topological polar surface area (TPSA) is 84.9 Å². The van der Waals surface area contributed by atoms with Gasteiger partial charge in [-0.25, -0.2) is 4.79 Å².